The van der Waals surface area contributed by atoms with Gasteiger partial charge in [0.1, 0.15) is 11.6 Å². The summed E-state index contributed by atoms with van der Waals surface area (Å²) in [5, 5.41) is 3.63. The van der Waals surface area contributed by atoms with Crippen LogP contribution in [0.1, 0.15) is 22.7 Å². The number of rotatable bonds is 6. The molecule has 4 rings (SSSR count). The number of ether oxygens (including phenoxy) is 1. The number of nitrogens with one attached hydrogen (secondary N) is 3. The Morgan fingerprint density at radius 3 is 2.79 bits per heavy atom. The predicted octanol–water partition coefficient (Wildman–Crippen LogP) is 2.25. The first-order valence-corrected chi connectivity index (χ1v) is 9.95. The van der Waals surface area contributed by atoms with E-state index in [1.165, 1.54) is 17.2 Å². The fourth-order valence-corrected chi connectivity index (χ4v) is 4.33. The standard InChI is InChI=1S/C22H29FN4O/c1-27-14-16-6-4-3-5-15(16)9-18(27)13-24-11-17-12-25-26-22(17)20-8-7-19(28-2)10-21(20)23/h3-8,10,17-18,22,24-26H,9,11-14H2,1-2H3. The molecule has 3 atom stereocenters. The minimum atomic E-state index is -0.228. The summed E-state index contributed by atoms with van der Waals surface area (Å²) in [6.07, 6.45) is 1.07. The molecule has 2 aromatic rings. The number of hydrazine groups is 1. The molecule has 1 saturated heterocycles. The number of fused-ring (bicyclic) bond motifs is 1. The van der Waals surface area contributed by atoms with Crippen molar-refractivity contribution in [1.82, 2.24) is 21.1 Å². The molecule has 28 heavy (non-hydrogen) atoms. The van der Waals surface area contributed by atoms with Crippen LogP contribution >= 0.6 is 0 Å². The fraction of sp³-hybridized carbons (Fsp3) is 0.455. The summed E-state index contributed by atoms with van der Waals surface area (Å²) in [6, 6.07) is 14.2. The molecule has 5 nitrogen and oxygen atoms in total. The average Bonchev–Trinajstić information content (AvgIpc) is 3.16. The molecule has 2 aromatic carbocycles. The first kappa shape index (κ1) is 19.3. The number of nitrogens with zero attached hydrogens (tertiary/aromatic N) is 1. The van der Waals surface area contributed by atoms with Gasteiger partial charge in [0.2, 0.25) is 0 Å². The Morgan fingerprint density at radius 2 is 2.00 bits per heavy atom. The predicted molar refractivity (Wildman–Crippen MR) is 109 cm³/mol. The Hall–Kier alpha value is -1.99. The number of halogens is 1. The van der Waals surface area contributed by atoms with Crippen molar-refractivity contribution in [2.45, 2.75) is 25.0 Å². The molecule has 2 aliphatic heterocycles. The zero-order valence-electron chi connectivity index (χ0n) is 16.5. The SMILES string of the molecule is COc1ccc(C2NNCC2CNCC2Cc3ccccc3CN2C)c(F)c1. The Morgan fingerprint density at radius 1 is 1.18 bits per heavy atom. The lowest BCUT2D eigenvalue weighted by atomic mass is 9.93. The van der Waals surface area contributed by atoms with Crippen LogP contribution in [0.25, 0.3) is 0 Å². The Balaban J connectivity index is 1.34. The van der Waals surface area contributed by atoms with Crippen molar-refractivity contribution in [3.8, 4) is 5.75 Å². The number of hydrogen-bond donors (Lipinski definition) is 3. The molecule has 6 heteroatoms. The second-order valence-corrected chi connectivity index (χ2v) is 7.85. The molecule has 2 heterocycles. The number of likely N-dealkylation sites (N-methyl/N-ethyl adjacent to an activating group) is 1. The summed E-state index contributed by atoms with van der Waals surface area (Å²) in [5.74, 6) is 0.598. The molecule has 2 aliphatic rings. The van der Waals surface area contributed by atoms with Crippen LogP contribution in [0.5, 0.6) is 5.75 Å². The van der Waals surface area contributed by atoms with Gasteiger partial charge in [-0.15, -0.1) is 0 Å². The van der Waals surface area contributed by atoms with Crippen molar-refractivity contribution >= 4 is 0 Å². The van der Waals surface area contributed by atoms with Gasteiger partial charge in [-0.2, -0.15) is 0 Å². The smallest absolute Gasteiger partial charge is 0.131 e. The largest absolute Gasteiger partial charge is 0.497 e. The molecule has 3 N–H and O–H groups in total. The maximum Gasteiger partial charge on any atom is 0.131 e. The van der Waals surface area contributed by atoms with Gasteiger partial charge in [0.15, 0.2) is 0 Å². The van der Waals surface area contributed by atoms with Gasteiger partial charge >= 0.3 is 0 Å². The van der Waals surface area contributed by atoms with Gasteiger partial charge in [0, 0.05) is 49.8 Å². The third-order valence-corrected chi connectivity index (χ3v) is 6.04. The van der Waals surface area contributed by atoms with Crippen LogP contribution in [0, 0.1) is 11.7 Å². The third-order valence-electron chi connectivity index (χ3n) is 6.04. The van der Waals surface area contributed by atoms with E-state index in [4.69, 9.17) is 4.74 Å². The van der Waals surface area contributed by atoms with E-state index < -0.39 is 0 Å². The summed E-state index contributed by atoms with van der Waals surface area (Å²) in [5.41, 5.74) is 9.99. The average molecular weight is 384 g/mol. The second-order valence-electron chi connectivity index (χ2n) is 7.85. The van der Waals surface area contributed by atoms with Crippen LogP contribution in [0.3, 0.4) is 0 Å². The van der Waals surface area contributed by atoms with Gasteiger partial charge in [-0.25, -0.2) is 9.82 Å². The maximum atomic E-state index is 14.5. The van der Waals surface area contributed by atoms with Crippen LogP contribution in [0.15, 0.2) is 42.5 Å². The summed E-state index contributed by atoms with van der Waals surface area (Å²) < 4.78 is 19.6. The topological polar surface area (TPSA) is 48.6 Å². The minimum Gasteiger partial charge on any atom is -0.497 e. The Labute approximate surface area is 166 Å². The van der Waals surface area contributed by atoms with Gasteiger partial charge < -0.3 is 10.1 Å². The van der Waals surface area contributed by atoms with Gasteiger partial charge in [-0.05, 0) is 30.7 Å². The second kappa shape index (κ2) is 8.57. The van der Waals surface area contributed by atoms with Crippen molar-refractivity contribution in [3.05, 3.63) is 65.0 Å². The van der Waals surface area contributed by atoms with Crippen molar-refractivity contribution in [2.24, 2.45) is 5.92 Å². The fourth-order valence-electron chi connectivity index (χ4n) is 4.33. The molecule has 0 aliphatic carbocycles. The molecular weight excluding hydrogens is 355 g/mol. The molecule has 0 radical (unpaired) electrons. The molecule has 0 amide bonds. The highest BCUT2D eigenvalue weighted by Crippen LogP contribution is 2.29. The first-order valence-electron chi connectivity index (χ1n) is 9.95. The van der Waals surface area contributed by atoms with E-state index in [2.05, 4.69) is 52.4 Å². The van der Waals surface area contributed by atoms with E-state index in [1.54, 1.807) is 7.11 Å². The number of methoxy groups -OCH3 is 1. The van der Waals surface area contributed by atoms with Crippen molar-refractivity contribution in [2.75, 3.05) is 33.8 Å². The van der Waals surface area contributed by atoms with Crippen molar-refractivity contribution in [1.29, 1.82) is 0 Å². The van der Waals surface area contributed by atoms with Gasteiger partial charge in [0.25, 0.3) is 0 Å². The summed E-state index contributed by atoms with van der Waals surface area (Å²) in [6.45, 7) is 3.57. The van der Waals surface area contributed by atoms with Crippen molar-refractivity contribution < 1.29 is 9.13 Å². The van der Waals surface area contributed by atoms with E-state index >= 15 is 0 Å². The van der Waals surface area contributed by atoms with E-state index in [-0.39, 0.29) is 17.8 Å². The highest BCUT2D eigenvalue weighted by Gasteiger charge is 2.30. The number of benzene rings is 2. The Kier molecular flexibility index (Phi) is 5.92. The summed E-state index contributed by atoms with van der Waals surface area (Å²) >= 11 is 0. The van der Waals surface area contributed by atoms with Crippen LogP contribution in [-0.2, 0) is 13.0 Å². The molecule has 3 unspecified atom stereocenters. The normalized spacial score (nSPS) is 24.9. The molecule has 0 saturated carbocycles. The molecule has 0 spiro atoms. The first-order chi connectivity index (χ1) is 13.7. The molecule has 150 valence electrons. The minimum absolute atomic E-state index is 0.0526. The zero-order valence-corrected chi connectivity index (χ0v) is 16.5. The van der Waals surface area contributed by atoms with Crippen LogP contribution in [-0.4, -0.2) is 44.7 Å². The van der Waals surface area contributed by atoms with Crippen molar-refractivity contribution in [3.63, 3.8) is 0 Å². The molecule has 0 aromatic heterocycles. The van der Waals surface area contributed by atoms with Gasteiger partial charge in [0.05, 0.1) is 13.2 Å². The monoisotopic (exact) mass is 384 g/mol. The molecular formula is C22H29FN4O. The number of hydrogen-bond acceptors (Lipinski definition) is 5. The zero-order chi connectivity index (χ0) is 19.5. The molecule has 1 fully saturated rings. The highest BCUT2D eigenvalue weighted by molar-refractivity contribution is 5.32. The lowest BCUT2D eigenvalue weighted by Gasteiger charge is -2.34. The van der Waals surface area contributed by atoms with E-state index in [9.17, 15) is 4.39 Å². The summed E-state index contributed by atoms with van der Waals surface area (Å²) in [7, 11) is 3.74. The van der Waals surface area contributed by atoms with Crippen LogP contribution < -0.4 is 20.9 Å². The lowest BCUT2D eigenvalue weighted by molar-refractivity contribution is 0.207. The maximum absolute atomic E-state index is 14.5. The van der Waals surface area contributed by atoms with Crippen LogP contribution in [0.2, 0.25) is 0 Å². The van der Waals surface area contributed by atoms with E-state index in [0.717, 1.165) is 32.6 Å². The quantitative estimate of drug-likeness (QED) is 0.713. The van der Waals surface area contributed by atoms with E-state index in [0.29, 0.717) is 17.4 Å². The highest BCUT2D eigenvalue weighted by atomic mass is 19.1. The van der Waals surface area contributed by atoms with E-state index in [1.807, 2.05) is 12.1 Å². The Bertz CT molecular complexity index is 815. The summed E-state index contributed by atoms with van der Waals surface area (Å²) in [4.78, 5) is 2.42. The van der Waals surface area contributed by atoms with Gasteiger partial charge in [-0.3, -0.25) is 10.3 Å². The van der Waals surface area contributed by atoms with Crippen LogP contribution in [0.4, 0.5) is 4.39 Å². The lowest BCUT2D eigenvalue weighted by Crippen LogP contribution is -2.45. The molecule has 0 bridgehead atoms. The third kappa shape index (κ3) is 4.05. The van der Waals surface area contributed by atoms with Gasteiger partial charge in [-0.1, -0.05) is 30.3 Å².